The summed E-state index contributed by atoms with van der Waals surface area (Å²) in [5, 5.41) is 19.1. The van der Waals surface area contributed by atoms with E-state index in [4.69, 9.17) is 14.2 Å². The van der Waals surface area contributed by atoms with Gasteiger partial charge in [-0.05, 0) is 6.07 Å². The number of benzene rings is 2. The zero-order valence-electron chi connectivity index (χ0n) is 12.2. The van der Waals surface area contributed by atoms with Crippen molar-refractivity contribution in [3.8, 4) is 11.5 Å². The van der Waals surface area contributed by atoms with Gasteiger partial charge in [0.05, 0.1) is 7.11 Å². The molecule has 2 aliphatic rings. The molecule has 0 amide bonds. The fourth-order valence-electron chi connectivity index (χ4n) is 3.39. The van der Waals surface area contributed by atoms with E-state index in [0.29, 0.717) is 16.9 Å². The minimum atomic E-state index is -1.71. The summed E-state index contributed by atoms with van der Waals surface area (Å²) in [5.41, 5.74) is 0.0531. The van der Waals surface area contributed by atoms with Crippen LogP contribution in [-0.2, 0) is 14.9 Å². The Labute approximate surface area is 132 Å². The maximum absolute atomic E-state index is 12.7. The van der Waals surface area contributed by atoms with E-state index in [1.165, 1.54) is 13.2 Å². The predicted octanol–water partition coefficient (Wildman–Crippen LogP) is -0.0636. The number of carbonyl (C=O) groups is 1. The van der Waals surface area contributed by atoms with Crippen LogP contribution in [0, 0.1) is 0 Å². The summed E-state index contributed by atoms with van der Waals surface area (Å²) in [7, 11) is -0.411. The van der Waals surface area contributed by atoms with Gasteiger partial charge in [0.1, 0.15) is 11.5 Å². The van der Waals surface area contributed by atoms with Gasteiger partial charge in [0.2, 0.25) is 0 Å². The van der Waals surface area contributed by atoms with Gasteiger partial charge in [-0.1, -0.05) is 36.4 Å². The summed E-state index contributed by atoms with van der Waals surface area (Å²) in [5.74, 6) is 0.270. The minimum Gasteiger partial charge on any atom is -0.468 e. The first-order valence-corrected chi connectivity index (χ1v) is 7.11. The molecule has 0 fully saturated rings. The predicted molar refractivity (Wildman–Crippen MR) is 80.5 cm³/mol. The standard InChI is InChI=1S/C16H13BO6/c1-21-14(18)16-9-5-2-3-8-12(9)22-15(16)23-13-10(16)6-4-7-11(13)17(19)20/h2-8,15,19-20H,1H3/t15?,16-/m1/s1. The van der Waals surface area contributed by atoms with Crippen molar-refractivity contribution in [1.82, 2.24) is 0 Å². The smallest absolute Gasteiger partial charge is 0.468 e. The summed E-state index contributed by atoms with van der Waals surface area (Å²) in [6.45, 7) is 0. The van der Waals surface area contributed by atoms with Crippen molar-refractivity contribution < 1.29 is 29.1 Å². The van der Waals surface area contributed by atoms with Crippen LogP contribution in [0.4, 0.5) is 0 Å². The van der Waals surface area contributed by atoms with E-state index in [1.54, 1.807) is 36.4 Å². The molecule has 7 heteroatoms. The molecule has 2 aromatic carbocycles. The molecule has 2 aliphatic heterocycles. The van der Waals surface area contributed by atoms with Crippen LogP contribution in [0.1, 0.15) is 11.1 Å². The van der Waals surface area contributed by atoms with Crippen molar-refractivity contribution in [3.05, 3.63) is 53.6 Å². The Morgan fingerprint density at radius 1 is 1.13 bits per heavy atom. The summed E-state index contributed by atoms with van der Waals surface area (Å²) >= 11 is 0. The lowest BCUT2D eigenvalue weighted by Gasteiger charge is -2.23. The number of methoxy groups -OCH3 is 1. The van der Waals surface area contributed by atoms with Gasteiger partial charge < -0.3 is 24.3 Å². The lowest BCUT2D eigenvalue weighted by atomic mass is 9.72. The second kappa shape index (κ2) is 4.74. The van der Waals surface area contributed by atoms with Crippen LogP contribution < -0.4 is 14.9 Å². The van der Waals surface area contributed by atoms with Crippen LogP contribution in [0.2, 0.25) is 0 Å². The Balaban J connectivity index is 2.03. The molecule has 0 radical (unpaired) electrons. The molecule has 0 saturated heterocycles. The van der Waals surface area contributed by atoms with E-state index in [2.05, 4.69) is 0 Å². The molecule has 23 heavy (non-hydrogen) atoms. The molecule has 0 aliphatic carbocycles. The van der Waals surface area contributed by atoms with E-state index in [0.717, 1.165) is 0 Å². The van der Waals surface area contributed by atoms with Gasteiger partial charge in [0.25, 0.3) is 6.29 Å². The molecule has 2 aromatic rings. The Hall–Kier alpha value is -2.51. The van der Waals surface area contributed by atoms with Crippen molar-refractivity contribution in [2.24, 2.45) is 0 Å². The third kappa shape index (κ3) is 1.63. The molecule has 4 rings (SSSR count). The summed E-state index contributed by atoms with van der Waals surface area (Å²) in [6.07, 6.45) is -0.942. The number of para-hydroxylation sites is 2. The Morgan fingerprint density at radius 3 is 2.61 bits per heavy atom. The van der Waals surface area contributed by atoms with E-state index in [-0.39, 0.29) is 11.2 Å². The molecule has 6 nitrogen and oxygen atoms in total. The van der Waals surface area contributed by atoms with E-state index >= 15 is 0 Å². The molecule has 2 heterocycles. The highest BCUT2D eigenvalue weighted by Crippen LogP contribution is 2.54. The van der Waals surface area contributed by atoms with Crippen LogP contribution in [-0.4, -0.2) is 36.5 Å². The van der Waals surface area contributed by atoms with Gasteiger partial charge in [-0.2, -0.15) is 0 Å². The fourth-order valence-corrected chi connectivity index (χ4v) is 3.39. The second-order valence-electron chi connectivity index (χ2n) is 5.46. The third-order valence-electron chi connectivity index (χ3n) is 4.38. The molecule has 0 saturated carbocycles. The van der Waals surface area contributed by atoms with Crippen molar-refractivity contribution in [1.29, 1.82) is 0 Å². The van der Waals surface area contributed by atoms with Gasteiger partial charge in [0.15, 0.2) is 5.41 Å². The van der Waals surface area contributed by atoms with Crippen molar-refractivity contribution in [2.45, 2.75) is 11.7 Å². The SMILES string of the molecule is COC(=O)[C@]12c3ccccc3OC1Oc1c(B(O)O)cccc12. The van der Waals surface area contributed by atoms with Crippen molar-refractivity contribution >= 4 is 18.6 Å². The van der Waals surface area contributed by atoms with Crippen LogP contribution in [0.5, 0.6) is 11.5 Å². The lowest BCUT2D eigenvalue weighted by molar-refractivity contribution is -0.151. The van der Waals surface area contributed by atoms with Crippen molar-refractivity contribution in [3.63, 3.8) is 0 Å². The largest absolute Gasteiger partial charge is 0.492 e. The Morgan fingerprint density at radius 2 is 1.87 bits per heavy atom. The normalized spacial score (nSPS) is 23.2. The second-order valence-corrected chi connectivity index (χ2v) is 5.46. The highest BCUT2D eigenvalue weighted by atomic mass is 16.7. The number of ether oxygens (including phenoxy) is 3. The topological polar surface area (TPSA) is 85.2 Å². The Kier molecular flexibility index (Phi) is 2.91. The summed E-state index contributed by atoms with van der Waals surface area (Å²) in [6, 6.07) is 12.0. The molecule has 0 spiro atoms. The first-order valence-electron chi connectivity index (χ1n) is 7.11. The lowest BCUT2D eigenvalue weighted by Crippen LogP contribution is -2.45. The molecule has 1 unspecified atom stereocenters. The number of fused-ring (bicyclic) bond motifs is 5. The molecular formula is C16H13BO6. The Bertz CT molecular complexity index is 805. The van der Waals surface area contributed by atoms with Gasteiger partial charge in [-0.3, -0.25) is 4.79 Å². The van der Waals surface area contributed by atoms with E-state index in [9.17, 15) is 14.8 Å². The number of carbonyl (C=O) groups excluding carboxylic acids is 1. The van der Waals surface area contributed by atoms with E-state index in [1.807, 2.05) is 0 Å². The molecule has 0 bridgehead atoms. The average Bonchev–Trinajstić information content (AvgIpc) is 3.05. The van der Waals surface area contributed by atoms with Crippen molar-refractivity contribution in [2.75, 3.05) is 7.11 Å². The number of esters is 1. The fraction of sp³-hybridized carbons (Fsp3) is 0.188. The monoisotopic (exact) mass is 312 g/mol. The first kappa shape index (κ1) is 14.1. The highest BCUT2D eigenvalue weighted by Gasteiger charge is 2.64. The van der Waals surface area contributed by atoms with Crippen LogP contribution >= 0.6 is 0 Å². The molecule has 2 atom stereocenters. The maximum atomic E-state index is 12.7. The molecule has 2 N–H and O–H groups in total. The zero-order chi connectivity index (χ0) is 16.2. The van der Waals surface area contributed by atoms with Crippen LogP contribution in [0.15, 0.2) is 42.5 Å². The van der Waals surface area contributed by atoms with Gasteiger partial charge >= 0.3 is 13.1 Å². The number of hydrogen-bond donors (Lipinski definition) is 2. The highest BCUT2D eigenvalue weighted by molar-refractivity contribution is 6.59. The number of hydrogen-bond acceptors (Lipinski definition) is 6. The summed E-state index contributed by atoms with van der Waals surface area (Å²) in [4.78, 5) is 12.7. The average molecular weight is 312 g/mol. The maximum Gasteiger partial charge on any atom is 0.492 e. The van der Waals surface area contributed by atoms with Gasteiger partial charge in [-0.25, -0.2) is 0 Å². The zero-order valence-corrected chi connectivity index (χ0v) is 12.2. The molecule has 0 aromatic heterocycles. The van der Waals surface area contributed by atoms with Crippen LogP contribution in [0.3, 0.4) is 0 Å². The van der Waals surface area contributed by atoms with Gasteiger partial charge in [-0.15, -0.1) is 0 Å². The molecular weight excluding hydrogens is 299 g/mol. The van der Waals surface area contributed by atoms with Crippen LogP contribution in [0.25, 0.3) is 0 Å². The number of rotatable bonds is 2. The minimum absolute atomic E-state index is 0.182. The quantitative estimate of drug-likeness (QED) is 0.597. The first-order chi connectivity index (χ1) is 11.1. The van der Waals surface area contributed by atoms with E-state index < -0.39 is 24.8 Å². The summed E-state index contributed by atoms with van der Waals surface area (Å²) < 4.78 is 16.6. The van der Waals surface area contributed by atoms with Gasteiger partial charge in [0, 0.05) is 16.6 Å². The third-order valence-corrected chi connectivity index (χ3v) is 4.38. The molecule has 116 valence electrons.